The molecule has 2 N–H and O–H groups in total. The zero-order chi connectivity index (χ0) is 8.43. The van der Waals surface area contributed by atoms with E-state index < -0.39 is 0 Å². The van der Waals surface area contributed by atoms with Crippen molar-refractivity contribution in [1.82, 2.24) is 5.32 Å². The summed E-state index contributed by atoms with van der Waals surface area (Å²) >= 11 is 0. The van der Waals surface area contributed by atoms with Crippen molar-refractivity contribution in [3.8, 4) is 0 Å². The molecule has 11 heavy (non-hydrogen) atoms. The van der Waals surface area contributed by atoms with E-state index in [0.717, 1.165) is 6.42 Å². The van der Waals surface area contributed by atoms with Gasteiger partial charge in [0.1, 0.15) is 0 Å². The van der Waals surface area contributed by atoms with E-state index in [-0.39, 0.29) is 30.4 Å². The maximum Gasteiger partial charge on any atom is 0.223 e. The Morgan fingerprint density at radius 3 is 2.73 bits per heavy atom. The third-order valence-corrected chi connectivity index (χ3v) is 1.92. The van der Waals surface area contributed by atoms with Gasteiger partial charge in [0.05, 0.1) is 0 Å². The maximum atomic E-state index is 11.2. The van der Waals surface area contributed by atoms with Crippen molar-refractivity contribution in [1.29, 1.82) is 0 Å². The number of aliphatic hydroxyl groups excluding tert-OH is 1. The first kappa shape index (κ1) is 8.53. The average molecular weight is 157 g/mol. The summed E-state index contributed by atoms with van der Waals surface area (Å²) in [6, 6.07) is 0.211. The second kappa shape index (κ2) is 3.22. The largest absolute Gasteiger partial charge is 0.396 e. The Bertz CT molecular complexity index is 156. The average Bonchev–Trinajstić information content (AvgIpc) is 2.63. The topological polar surface area (TPSA) is 49.3 Å². The lowest BCUT2D eigenvalue weighted by molar-refractivity contribution is -0.123. The van der Waals surface area contributed by atoms with Crippen molar-refractivity contribution in [2.45, 2.75) is 26.3 Å². The number of carbonyl (C=O) groups is 1. The van der Waals surface area contributed by atoms with Crippen LogP contribution in [0.1, 0.15) is 20.3 Å². The minimum absolute atomic E-state index is 0.0856. The molecular formula is C8H15NO2. The molecule has 0 radical (unpaired) electrons. The molecular weight excluding hydrogens is 142 g/mol. The van der Waals surface area contributed by atoms with E-state index in [4.69, 9.17) is 5.11 Å². The van der Waals surface area contributed by atoms with Gasteiger partial charge >= 0.3 is 0 Å². The Kier molecular flexibility index (Phi) is 2.49. The molecule has 0 aliphatic heterocycles. The van der Waals surface area contributed by atoms with Crippen LogP contribution >= 0.6 is 0 Å². The van der Waals surface area contributed by atoms with Gasteiger partial charge in [0.15, 0.2) is 0 Å². The molecule has 1 amide bonds. The van der Waals surface area contributed by atoms with Gasteiger partial charge in [-0.05, 0) is 26.2 Å². The van der Waals surface area contributed by atoms with Crippen LogP contribution in [-0.2, 0) is 4.79 Å². The molecule has 2 atom stereocenters. The standard InChI is InChI=1S/C8H15NO2/c1-5(2)9-8(11)7-3-6(7)4-10/h5-7,10H,3-4H2,1-2H3,(H,9,11)/t6-,7+/m1/s1. The summed E-state index contributed by atoms with van der Waals surface area (Å²) in [6.45, 7) is 4.03. The molecule has 1 aliphatic rings. The second-order valence-corrected chi connectivity index (χ2v) is 3.45. The molecule has 64 valence electrons. The summed E-state index contributed by atoms with van der Waals surface area (Å²) in [5.41, 5.74) is 0. The molecule has 0 aromatic heterocycles. The molecule has 0 aromatic carbocycles. The van der Waals surface area contributed by atoms with Gasteiger partial charge < -0.3 is 10.4 Å². The molecule has 1 fully saturated rings. The monoisotopic (exact) mass is 157 g/mol. The highest BCUT2D eigenvalue weighted by atomic mass is 16.3. The van der Waals surface area contributed by atoms with Crippen LogP contribution in [-0.4, -0.2) is 23.7 Å². The molecule has 0 heterocycles. The summed E-state index contributed by atoms with van der Waals surface area (Å²) in [5.74, 6) is 0.412. The maximum absolute atomic E-state index is 11.2. The minimum atomic E-state index is 0.0856. The Morgan fingerprint density at radius 2 is 2.36 bits per heavy atom. The number of hydrogen-bond acceptors (Lipinski definition) is 2. The lowest BCUT2D eigenvalue weighted by Crippen LogP contribution is -2.32. The van der Waals surface area contributed by atoms with Crippen molar-refractivity contribution >= 4 is 5.91 Å². The molecule has 3 heteroatoms. The quantitative estimate of drug-likeness (QED) is 0.612. The molecule has 0 aromatic rings. The van der Waals surface area contributed by atoms with Crippen LogP contribution in [0.3, 0.4) is 0 Å². The van der Waals surface area contributed by atoms with E-state index in [2.05, 4.69) is 5.32 Å². The molecule has 0 saturated heterocycles. The van der Waals surface area contributed by atoms with Crippen molar-refractivity contribution in [3.05, 3.63) is 0 Å². The number of carbonyl (C=O) groups excluding carboxylic acids is 1. The molecule has 0 bridgehead atoms. The van der Waals surface area contributed by atoms with Gasteiger partial charge in [0, 0.05) is 18.6 Å². The Balaban J connectivity index is 2.23. The second-order valence-electron chi connectivity index (χ2n) is 3.45. The smallest absolute Gasteiger partial charge is 0.223 e. The minimum Gasteiger partial charge on any atom is -0.396 e. The van der Waals surface area contributed by atoms with Crippen LogP contribution in [0.4, 0.5) is 0 Å². The Hall–Kier alpha value is -0.570. The lowest BCUT2D eigenvalue weighted by atomic mass is 10.3. The van der Waals surface area contributed by atoms with Crippen molar-refractivity contribution in [3.63, 3.8) is 0 Å². The summed E-state index contributed by atoms with van der Waals surface area (Å²) in [6.07, 6.45) is 0.856. The van der Waals surface area contributed by atoms with Crippen LogP contribution in [0.5, 0.6) is 0 Å². The van der Waals surface area contributed by atoms with E-state index in [1.165, 1.54) is 0 Å². The molecule has 1 rings (SSSR count). The predicted octanol–water partition coefficient (Wildman–Crippen LogP) is 0.139. The Labute approximate surface area is 66.8 Å². The van der Waals surface area contributed by atoms with Gasteiger partial charge in [-0.2, -0.15) is 0 Å². The first-order chi connectivity index (χ1) is 5.15. The van der Waals surface area contributed by atoms with Gasteiger partial charge in [0.25, 0.3) is 0 Å². The van der Waals surface area contributed by atoms with Crippen molar-refractivity contribution in [2.24, 2.45) is 11.8 Å². The number of aliphatic hydroxyl groups is 1. The van der Waals surface area contributed by atoms with Gasteiger partial charge in [-0.1, -0.05) is 0 Å². The molecule has 0 unspecified atom stereocenters. The highest BCUT2D eigenvalue weighted by molar-refractivity contribution is 5.81. The predicted molar refractivity (Wildman–Crippen MR) is 42.0 cm³/mol. The number of rotatable bonds is 3. The summed E-state index contributed by atoms with van der Waals surface area (Å²) < 4.78 is 0. The summed E-state index contributed by atoms with van der Waals surface area (Å²) in [4.78, 5) is 11.2. The third-order valence-electron chi connectivity index (χ3n) is 1.92. The van der Waals surface area contributed by atoms with E-state index in [1.807, 2.05) is 13.8 Å². The molecule has 3 nitrogen and oxygen atoms in total. The lowest BCUT2D eigenvalue weighted by Gasteiger charge is -2.06. The van der Waals surface area contributed by atoms with Crippen molar-refractivity contribution < 1.29 is 9.90 Å². The Morgan fingerprint density at radius 1 is 1.73 bits per heavy atom. The molecule has 1 saturated carbocycles. The normalized spacial score (nSPS) is 28.7. The van der Waals surface area contributed by atoms with Crippen LogP contribution in [0.15, 0.2) is 0 Å². The molecule has 1 aliphatic carbocycles. The van der Waals surface area contributed by atoms with Crippen LogP contribution < -0.4 is 5.32 Å². The zero-order valence-corrected chi connectivity index (χ0v) is 7.00. The van der Waals surface area contributed by atoms with Crippen LogP contribution in [0.2, 0.25) is 0 Å². The SMILES string of the molecule is CC(C)NC(=O)[C@H]1C[C@@H]1CO. The van der Waals surface area contributed by atoms with Crippen LogP contribution in [0.25, 0.3) is 0 Å². The molecule has 0 spiro atoms. The highest BCUT2D eigenvalue weighted by Gasteiger charge is 2.42. The van der Waals surface area contributed by atoms with Gasteiger partial charge in [-0.15, -0.1) is 0 Å². The first-order valence-electron chi connectivity index (χ1n) is 4.06. The van der Waals surface area contributed by atoms with Crippen LogP contribution in [0, 0.1) is 11.8 Å². The number of nitrogens with one attached hydrogen (secondary N) is 1. The third kappa shape index (κ3) is 2.19. The van der Waals surface area contributed by atoms with E-state index in [1.54, 1.807) is 0 Å². The first-order valence-corrected chi connectivity index (χ1v) is 4.06. The van der Waals surface area contributed by atoms with Gasteiger partial charge in [0.2, 0.25) is 5.91 Å². The fraction of sp³-hybridized carbons (Fsp3) is 0.875. The number of amides is 1. The zero-order valence-electron chi connectivity index (χ0n) is 7.00. The van der Waals surface area contributed by atoms with E-state index in [0.29, 0.717) is 0 Å². The van der Waals surface area contributed by atoms with Gasteiger partial charge in [-0.25, -0.2) is 0 Å². The summed E-state index contributed by atoms with van der Waals surface area (Å²) in [5, 5.41) is 11.5. The fourth-order valence-electron chi connectivity index (χ4n) is 1.16. The van der Waals surface area contributed by atoms with E-state index in [9.17, 15) is 4.79 Å². The highest BCUT2D eigenvalue weighted by Crippen LogP contribution is 2.37. The van der Waals surface area contributed by atoms with Crippen molar-refractivity contribution in [2.75, 3.05) is 6.61 Å². The summed E-state index contributed by atoms with van der Waals surface area (Å²) in [7, 11) is 0. The van der Waals surface area contributed by atoms with Gasteiger partial charge in [-0.3, -0.25) is 4.79 Å². The van der Waals surface area contributed by atoms with E-state index >= 15 is 0 Å². The number of hydrogen-bond donors (Lipinski definition) is 2. The fourth-order valence-corrected chi connectivity index (χ4v) is 1.16.